The van der Waals surface area contributed by atoms with Gasteiger partial charge in [-0.15, -0.1) is 0 Å². The molecule has 0 aliphatic carbocycles. The lowest BCUT2D eigenvalue weighted by Crippen LogP contribution is -2.36. The molecule has 1 aromatic carbocycles. The van der Waals surface area contributed by atoms with E-state index in [0.717, 1.165) is 11.3 Å². The van der Waals surface area contributed by atoms with Crippen LogP contribution in [0.4, 0.5) is 0 Å². The molecule has 0 spiro atoms. The van der Waals surface area contributed by atoms with Gasteiger partial charge >= 0.3 is 0 Å². The molecule has 0 atom stereocenters. The Bertz CT molecular complexity index is 427. The third-order valence-electron chi connectivity index (χ3n) is 2.53. The van der Waals surface area contributed by atoms with Crippen LogP contribution in [0.1, 0.15) is 12.5 Å². The number of nitrogens with zero attached hydrogens (tertiary/aromatic N) is 1. The van der Waals surface area contributed by atoms with Gasteiger partial charge in [-0.05, 0) is 24.6 Å². The largest absolute Gasteiger partial charge is 0.494 e. The van der Waals surface area contributed by atoms with Crippen LogP contribution >= 0.6 is 0 Å². The van der Waals surface area contributed by atoms with E-state index >= 15 is 0 Å². The summed E-state index contributed by atoms with van der Waals surface area (Å²) in [6.45, 7) is 2.57. The molecule has 1 aromatic rings. The highest BCUT2D eigenvalue weighted by Gasteiger charge is 2.07. The van der Waals surface area contributed by atoms with E-state index in [1.54, 1.807) is 14.1 Å². The van der Waals surface area contributed by atoms with Crippen LogP contribution in [-0.2, 0) is 16.0 Å². The molecule has 0 aliphatic rings. The summed E-state index contributed by atoms with van der Waals surface area (Å²) in [5.41, 5.74) is 0.887. The van der Waals surface area contributed by atoms with Gasteiger partial charge in [0.05, 0.1) is 19.6 Å². The van der Waals surface area contributed by atoms with Crippen LogP contribution in [0.3, 0.4) is 0 Å². The Kier molecular flexibility index (Phi) is 5.85. The second-order valence-electron chi connectivity index (χ2n) is 4.32. The Morgan fingerprint density at radius 1 is 1.21 bits per heavy atom. The summed E-state index contributed by atoms with van der Waals surface area (Å²) >= 11 is 0. The lowest BCUT2D eigenvalue weighted by molar-refractivity contribution is -0.130. The van der Waals surface area contributed by atoms with Crippen molar-refractivity contribution in [2.24, 2.45) is 0 Å². The van der Waals surface area contributed by atoms with Crippen molar-refractivity contribution in [2.45, 2.75) is 13.3 Å². The van der Waals surface area contributed by atoms with Gasteiger partial charge in [0.1, 0.15) is 5.75 Å². The van der Waals surface area contributed by atoms with E-state index in [1.807, 2.05) is 31.2 Å². The number of amides is 2. The zero-order valence-electron chi connectivity index (χ0n) is 11.6. The molecule has 0 saturated heterocycles. The van der Waals surface area contributed by atoms with Crippen molar-refractivity contribution in [3.63, 3.8) is 0 Å². The summed E-state index contributed by atoms with van der Waals surface area (Å²) in [6, 6.07) is 7.35. The van der Waals surface area contributed by atoms with Crippen LogP contribution in [0.15, 0.2) is 24.3 Å². The van der Waals surface area contributed by atoms with E-state index in [9.17, 15) is 9.59 Å². The summed E-state index contributed by atoms with van der Waals surface area (Å²) in [7, 11) is 3.31. The SMILES string of the molecule is CCOc1ccc(CC(=O)NCC(=O)N(C)C)cc1. The van der Waals surface area contributed by atoms with E-state index in [4.69, 9.17) is 4.74 Å². The lowest BCUT2D eigenvalue weighted by atomic mass is 10.1. The summed E-state index contributed by atoms with van der Waals surface area (Å²) in [4.78, 5) is 24.4. The van der Waals surface area contributed by atoms with Crippen molar-refractivity contribution in [3.8, 4) is 5.75 Å². The molecule has 104 valence electrons. The lowest BCUT2D eigenvalue weighted by Gasteiger charge is -2.11. The Morgan fingerprint density at radius 2 is 1.84 bits per heavy atom. The van der Waals surface area contributed by atoms with E-state index < -0.39 is 0 Å². The Balaban J connectivity index is 2.42. The number of carbonyl (C=O) groups excluding carboxylic acids is 2. The molecular weight excluding hydrogens is 244 g/mol. The van der Waals surface area contributed by atoms with Crippen LogP contribution < -0.4 is 10.1 Å². The molecule has 2 amide bonds. The van der Waals surface area contributed by atoms with Gasteiger partial charge in [-0.3, -0.25) is 9.59 Å². The Morgan fingerprint density at radius 3 is 2.37 bits per heavy atom. The highest BCUT2D eigenvalue weighted by atomic mass is 16.5. The van der Waals surface area contributed by atoms with E-state index in [0.29, 0.717) is 6.61 Å². The normalized spacial score (nSPS) is 9.84. The fourth-order valence-electron chi connectivity index (χ4n) is 1.45. The molecule has 0 radical (unpaired) electrons. The second-order valence-corrected chi connectivity index (χ2v) is 4.32. The summed E-state index contributed by atoms with van der Waals surface area (Å²) < 4.78 is 5.32. The maximum atomic E-state index is 11.6. The third-order valence-corrected chi connectivity index (χ3v) is 2.53. The highest BCUT2D eigenvalue weighted by molar-refractivity contribution is 5.85. The minimum absolute atomic E-state index is 0.0306. The molecule has 5 heteroatoms. The second kappa shape index (κ2) is 7.41. The number of ether oxygens (including phenoxy) is 1. The summed E-state index contributed by atoms with van der Waals surface area (Å²) in [6.07, 6.45) is 0.257. The van der Waals surface area contributed by atoms with Crippen molar-refractivity contribution >= 4 is 11.8 Å². The topological polar surface area (TPSA) is 58.6 Å². The van der Waals surface area contributed by atoms with Gasteiger partial charge < -0.3 is 15.0 Å². The fourth-order valence-corrected chi connectivity index (χ4v) is 1.45. The predicted octanol–water partition coefficient (Wildman–Crippen LogP) is 0.832. The number of rotatable bonds is 6. The number of hydrogen-bond donors (Lipinski definition) is 1. The Hall–Kier alpha value is -2.04. The molecule has 5 nitrogen and oxygen atoms in total. The highest BCUT2D eigenvalue weighted by Crippen LogP contribution is 2.12. The number of likely N-dealkylation sites (N-methyl/N-ethyl adjacent to an activating group) is 1. The van der Waals surface area contributed by atoms with Crippen LogP contribution in [-0.4, -0.2) is 44.0 Å². The van der Waals surface area contributed by atoms with E-state index in [1.165, 1.54) is 4.90 Å². The molecule has 0 saturated carbocycles. The first kappa shape index (κ1) is 15.0. The minimum atomic E-state index is -0.167. The average Bonchev–Trinajstić information content (AvgIpc) is 2.38. The van der Waals surface area contributed by atoms with Gasteiger partial charge in [0.25, 0.3) is 0 Å². The van der Waals surface area contributed by atoms with Crippen molar-refractivity contribution in [3.05, 3.63) is 29.8 Å². The number of hydrogen-bond acceptors (Lipinski definition) is 3. The smallest absolute Gasteiger partial charge is 0.241 e. The van der Waals surface area contributed by atoms with Gasteiger partial charge in [-0.2, -0.15) is 0 Å². The van der Waals surface area contributed by atoms with Gasteiger partial charge in [0, 0.05) is 14.1 Å². The van der Waals surface area contributed by atoms with Gasteiger partial charge in [-0.25, -0.2) is 0 Å². The molecule has 1 N–H and O–H groups in total. The van der Waals surface area contributed by atoms with E-state index in [-0.39, 0.29) is 24.8 Å². The van der Waals surface area contributed by atoms with Crippen molar-refractivity contribution < 1.29 is 14.3 Å². The predicted molar refractivity (Wildman–Crippen MR) is 73.0 cm³/mol. The molecule has 0 heterocycles. The molecule has 0 bridgehead atoms. The van der Waals surface area contributed by atoms with Crippen LogP contribution in [0, 0.1) is 0 Å². The first-order valence-electron chi connectivity index (χ1n) is 6.21. The van der Waals surface area contributed by atoms with Crippen LogP contribution in [0.2, 0.25) is 0 Å². The molecule has 0 aliphatic heterocycles. The Labute approximate surface area is 113 Å². The van der Waals surface area contributed by atoms with Gasteiger partial charge in [-0.1, -0.05) is 12.1 Å². The zero-order valence-corrected chi connectivity index (χ0v) is 11.6. The van der Waals surface area contributed by atoms with Gasteiger partial charge in [0.15, 0.2) is 0 Å². The van der Waals surface area contributed by atoms with Crippen molar-refractivity contribution in [2.75, 3.05) is 27.2 Å². The fraction of sp³-hybridized carbons (Fsp3) is 0.429. The first-order valence-corrected chi connectivity index (χ1v) is 6.21. The molecule has 0 unspecified atom stereocenters. The number of carbonyl (C=O) groups is 2. The third kappa shape index (κ3) is 5.42. The molecule has 0 fully saturated rings. The summed E-state index contributed by atoms with van der Waals surface area (Å²) in [5.74, 6) is 0.494. The standard InChI is InChI=1S/C14H20N2O3/c1-4-19-12-7-5-11(6-8-12)9-13(17)15-10-14(18)16(2)3/h5-8H,4,9-10H2,1-3H3,(H,15,17). The maximum Gasteiger partial charge on any atom is 0.241 e. The van der Waals surface area contributed by atoms with Crippen molar-refractivity contribution in [1.29, 1.82) is 0 Å². The monoisotopic (exact) mass is 264 g/mol. The number of benzene rings is 1. The van der Waals surface area contributed by atoms with E-state index in [2.05, 4.69) is 5.32 Å². The molecule has 0 aromatic heterocycles. The first-order chi connectivity index (χ1) is 9.02. The van der Waals surface area contributed by atoms with Crippen LogP contribution in [0.5, 0.6) is 5.75 Å². The number of nitrogens with one attached hydrogen (secondary N) is 1. The van der Waals surface area contributed by atoms with Crippen LogP contribution in [0.25, 0.3) is 0 Å². The molecule has 19 heavy (non-hydrogen) atoms. The zero-order chi connectivity index (χ0) is 14.3. The average molecular weight is 264 g/mol. The minimum Gasteiger partial charge on any atom is -0.494 e. The quantitative estimate of drug-likeness (QED) is 0.828. The maximum absolute atomic E-state index is 11.6. The summed E-state index contributed by atoms with van der Waals surface area (Å²) in [5, 5.41) is 2.59. The van der Waals surface area contributed by atoms with Crippen molar-refractivity contribution in [1.82, 2.24) is 10.2 Å². The molecular formula is C14H20N2O3. The molecule has 1 rings (SSSR count). The van der Waals surface area contributed by atoms with Gasteiger partial charge in [0.2, 0.25) is 11.8 Å².